The average Bonchev–Trinajstić information content (AvgIpc) is 2.89. The Morgan fingerprint density at radius 3 is 2.82 bits per heavy atom. The van der Waals surface area contributed by atoms with E-state index in [4.69, 9.17) is 9.84 Å². The quantitative estimate of drug-likeness (QED) is 0.809. The number of rotatable bonds is 8. The van der Waals surface area contributed by atoms with Gasteiger partial charge in [-0.2, -0.15) is 0 Å². The minimum Gasteiger partial charge on any atom is -0.493 e. The molecule has 0 amide bonds. The van der Waals surface area contributed by atoms with E-state index in [9.17, 15) is 4.79 Å². The summed E-state index contributed by atoms with van der Waals surface area (Å²) in [5.41, 5.74) is 1.88. The highest BCUT2D eigenvalue weighted by atomic mass is 32.1. The van der Waals surface area contributed by atoms with E-state index in [1.165, 1.54) is 9.88 Å². The van der Waals surface area contributed by atoms with Gasteiger partial charge in [-0.3, -0.25) is 4.79 Å². The maximum Gasteiger partial charge on any atom is 0.307 e. The first kappa shape index (κ1) is 16.5. The van der Waals surface area contributed by atoms with Crippen LogP contribution in [-0.2, 0) is 30.5 Å². The van der Waals surface area contributed by atoms with Crippen molar-refractivity contribution in [2.75, 3.05) is 6.61 Å². The number of carbonyl (C=O) groups is 1. The largest absolute Gasteiger partial charge is 0.493 e. The Labute approximate surface area is 134 Å². The molecular weight excluding hydrogens is 298 g/mol. The second-order valence-electron chi connectivity index (χ2n) is 5.00. The van der Waals surface area contributed by atoms with Gasteiger partial charge in [0.25, 0.3) is 0 Å². The van der Waals surface area contributed by atoms with E-state index in [-0.39, 0.29) is 6.42 Å². The van der Waals surface area contributed by atoms with Crippen LogP contribution in [0.25, 0.3) is 0 Å². The third-order valence-corrected chi connectivity index (χ3v) is 4.69. The lowest BCUT2D eigenvalue weighted by molar-refractivity contribution is -0.136. The van der Waals surface area contributed by atoms with Crippen molar-refractivity contribution in [2.24, 2.45) is 0 Å². The molecular formula is C17H21NO3S. The van der Waals surface area contributed by atoms with Crippen LogP contribution in [0.1, 0.15) is 35.0 Å². The molecule has 1 aromatic heterocycles. The SMILES string of the molecule is CCc1nc(CCOc2cccc(CC(=O)O)c2)c(CC)s1. The molecule has 0 radical (unpaired) electrons. The number of aryl methyl sites for hydroxylation is 2. The minimum atomic E-state index is -0.834. The number of thiazole rings is 1. The number of aromatic nitrogens is 1. The zero-order valence-corrected chi connectivity index (χ0v) is 13.8. The average molecular weight is 319 g/mol. The molecule has 1 N–H and O–H groups in total. The fourth-order valence-electron chi connectivity index (χ4n) is 2.25. The highest BCUT2D eigenvalue weighted by Gasteiger charge is 2.09. The highest BCUT2D eigenvalue weighted by molar-refractivity contribution is 7.11. The predicted molar refractivity (Wildman–Crippen MR) is 87.9 cm³/mol. The van der Waals surface area contributed by atoms with E-state index in [0.29, 0.717) is 12.4 Å². The zero-order valence-electron chi connectivity index (χ0n) is 13.0. The summed E-state index contributed by atoms with van der Waals surface area (Å²) in [5, 5.41) is 9.99. The second-order valence-corrected chi connectivity index (χ2v) is 6.17. The van der Waals surface area contributed by atoms with E-state index in [2.05, 4.69) is 18.8 Å². The molecule has 0 fully saturated rings. The van der Waals surface area contributed by atoms with E-state index < -0.39 is 5.97 Å². The molecule has 0 aliphatic heterocycles. The number of nitrogens with zero attached hydrogens (tertiary/aromatic N) is 1. The van der Waals surface area contributed by atoms with Gasteiger partial charge in [0.2, 0.25) is 0 Å². The first-order chi connectivity index (χ1) is 10.6. The molecule has 0 saturated carbocycles. The van der Waals surface area contributed by atoms with Gasteiger partial charge in [-0.05, 0) is 30.5 Å². The number of hydrogen-bond acceptors (Lipinski definition) is 4. The van der Waals surface area contributed by atoms with Crippen LogP contribution in [0.15, 0.2) is 24.3 Å². The van der Waals surface area contributed by atoms with Gasteiger partial charge in [-0.25, -0.2) is 4.98 Å². The summed E-state index contributed by atoms with van der Waals surface area (Å²) in [6.07, 6.45) is 2.77. The normalized spacial score (nSPS) is 10.6. The van der Waals surface area contributed by atoms with Crippen LogP contribution in [0.2, 0.25) is 0 Å². The molecule has 2 rings (SSSR count). The second kappa shape index (κ2) is 7.94. The van der Waals surface area contributed by atoms with Crippen molar-refractivity contribution < 1.29 is 14.6 Å². The number of benzene rings is 1. The van der Waals surface area contributed by atoms with Gasteiger partial charge < -0.3 is 9.84 Å². The topological polar surface area (TPSA) is 59.4 Å². The minimum absolute atomic E-state index is 0.0170. The van der Waals surface area contributed by atoms with Crippen LogP contribution < -0.4 is 4.74 Å². The number of aliphatic carboxylic acids is 1. The van der Waals surface area contributed by atoms with Crippen LogP contribution >= 0.6 is 11.3 Å². The molecule has 0 saturated heterocycles. The Morgan fingerprint density at radius 1 is 1.32 bits per heavy atom. The van der Waals surface area contributed by atoms with Gasteiger partial charge in [-0.1, -0.05) is 26.0 Å². The molecule has 0 unspecified atom stereocenters. The number of hydrogen-bond donors (Lipinski definition) is 1. The third kappa shape index (κ3) is 4.56. The van der Waals surface area contributed by atoms with Crippen molar-refractivity contribution in [1.29, 1.82) is 0 Å². The molecule has 2 aromatic rings. The van der Waals surface area contributed by atoms with Crippen LogP contribution in [0.3, 0.4) is 0 Å². The van der Waals surface area contributed by atoms with E-state index in [1.54, 1.807) is 23.5 Å². The molecule has 1 heterocycles. The van der Waals surface area contributed by atoms with Gasteiger partial charge in [0, 0.05) is 11.3 Å². The molecule has 5 heteroatoms. The van der Waals surface area contributed by atoms with Crippen molar-refractivity contribution in [3.63, 3.8) is 0 Å². The highest BCUT2D eigenvalue weighted by Crippen LogP contribution is 2.21. The van der Waals surface area contributed by atoms with Gasteiger partial charge in [0.15, 0.2) is 0 Å². The van der Waals surface area contributed by atoms with E-state index in [0.717, 1.165) is 30.5 Å². The summed E-state index contributed by atoms with van der Waals surface area (Å²) in [4.78, 5) is 16.7. The van der Waals surface area contributed by atoms with Crippen LogP contribution in [0.5, 0.6) is 5.75 Å². The smallest absolute Gasteiger partial charge is 0.307 e. The molecule has 118 valence electrons. The van der Waals surface area contributed by atoms with Gasteiger partial charge in [0.05, 0.1) is 23.7 Å². The van der Waals surface area contributed by atoms with E-state index in [1.807, 2.05) is 12.1 Å². The standard InChI is InChI=1S/C17H21NO3S/c1-3-15-14(18-16(4-2)22-15)8-9-21-13-7-5-6-12(10-13)11-17(19)20/h5-7,10H,3-4,8-9,11H2,1-2H3,(H,19,20). The van der Waals surface area contributed by atoms with Crippen LogP contribution in [0, 0.1) is 0 Å². The molecule has 22 heavy (non-hydrogen) atoms. The summed E-state index contributed by atoms with van der Waals surface area (Å²) < 4.78 is 5.75. The van der Waals surface area contributed by atoms with Crippen molar-refractivity contribution in [3.05, 3.63) is 45.4 Å². The molecule has 0 aliphatic carbocycles. The monoisotopic (exact) mass is 319 g/mol. The summed E-state index contributed by atoms with van der Waals surface area (Å²) >= 11 is 1.78. The first-order valence-corrected chi connectivity index (χ1v) is 8.35. The lowest BCUT2D eigenvalue weighted by atomic mass is 10.1. The lowest BCUT2D eigenvalue weighted by Crippen LogP contribution is -2.04. The van der Waals surface area contributed by atoms with Gasteiger partial charge >= 0.3 is 5.97 Å². The Kier molecular flexibility index (Phi) is 5.95. The lowest BCUT2D eigenvalue weighted by Gasteiger charge is -2.07. The molecule has 0 bridgehead atoms. The Morgan fingerprint density at radius 2 is 2.14 bits per heavy atom. The summed E-state index contributed by atoms with van der Waals surface area (Å²) in [6.45, 7) is 4.82. The maximum atomic E-state index is 10.7. The maximum absolute atomic E-state index is 10.7. The predicted octanol–water partition coefficient (Wildman–Crippen LogP) is 3.52. The number of carboxylic acids is 1. The summed E-state index contributed by atoms with van der Waals surface area (Å²) in [5.74, 6) is -0.123. The van der Waals surface area contributed by atoms with Crippen LogP contribution in [-0.4, -0.2) is 22.7 Å². The van der Waals surface area contributed by atoms with Crippen molar-refractivity contribution in [3.8, 4) is 5.75 Å². The Hall–Kier alpha value is -1.88. The van der Waals surface area contributed by atoms with Gasteiger partial charge in [0.1, 0.15) is 5.75 Å². The fraction of sp³-hybridized carbons (Fsp3) is 0.412. The number of ether oxygens (including phenoxy) is 1. The van der Waals surface area contributed by atoms with Crippen molar-refractivity contribution in [1.82, 2.24) is 4.98 Å². The molecule has 4 nitrogen and oxygen atoms in total. The fourth-order valence-corrected chi connectivity index (χ4v) is 3.24. The molecule has 1 aromatic carbocycles. The Bertz CT molecular complexity index is 637. The molecule has 0 atom stereocenters. The number of carboxylic acid groups (broad SMARTS) is 1. The summed E-state index contributed by atoms with van der Waals surface area (Å²) in [6, 6.07) is 7.26. The van der Waals surface area contributed by atoms with Crippen LogP contribution in [0.4, 0.5) is 0 Å². The summed E-state index contributed by atoms with van der Waals surface area (Å²) in [7, 11) is 0. The van der Waals surface area contributed by atoms with E-state index >= 15 is 0 Å². The first-order valence-electron chi connectivity index (χ1n) is 7.53. The van der Waals surface area contributed by atoms with Crippen molar-refractivity contribution >= 4 is 17.3 Å². The zero-order chi connectivity index (χ0) is 15.9. The third-order valence-electron chi connectivity index (χ3n) is 3.31. The molecule has 0 aliphatic rings. The van der Waals surface area contributed by atoms with Crippen molar-refractivity contribution in [2.45, 2.75) is 39.5 Å². The van der Waals surface area contributed by atoms with Gasteiger partial charge in [-0.15, -0.1) is 11.3 Å². The Balaban J connectivity index is 1.93. The molecule has 0 spiro atoms.